The second kappa shape index (κ2) is 7.75. The van der Waals surface area contributed by atoms with Crippen LogP contribution in [0, 0.1) is 0 Å². The highest BCUT2D eigenvalue weighted by atomic mass is 32.1. The molecule has 0 aliphatic carbocycles. The lowest BCUT2D eigenvalue weighted by molar-refractivity contribution is 0.102. The van der Waals surface area contributed by atoms with Gasteiger partial charge in [0.15, 0.2) is 0 Å². The first-order valence-corrected chi connectivity index (χ1v) is 9.73. The Hall–Kier alpha value is -2.93. The average Bonchev–Trinajstić information content (AvgIpc) is 3.40. The van der Waals surface area contributed by atoms with E-state index in [1.165, 1.54) is 24.2 Å². The van der Waals surface area contributed by atoms with E-state index in [1.807, 2.05) is 36.5 Å². The van der Waals surface area contributed by atoms with Crippen LogP contribution in [0.5, 0.6) is 5.75 Å². The molecule has 1 aliphatic heterocycles. The summed E-state index contributed by atoms with van der Waals surface area (Å²) in [6.07, 6.45) is 4.28. The second-order valence-corrected chi connectivity index (χ2v) is 7.18. The lowest BCUT2D eigenvalue weighted by Crippen LogP contribution is -2.18. The van der Waals surface area contributed by atoms with Gasteiger partial charge in [-0.15, -0.1) is 11.3 Å². The van der Waals surface area contributed by atoms with Gasteiger partial charge in [0.2, 0.25) is 0 Å². The molecule has 7 heteroatoms. The van der Waals surface area contributed by atoms with Gasteiger partial charge in [-0.3, -0.25) is 4.79 Å². The molecule has 3 heterocycles. The monoisotopic (exact) mass is 380 g/mol. The van der Waals surface area contributed by atoms with Crippen LogP contribution in [0.1, 0.15) is 23.3 Å². The number of benzene rings is 1. The Balaban J connectivity index is 1.46. The van der Waals surface area contributed by atoms with Gasteiger partial charge in [-0.1, -0.05) is 6.07 Å². The third-order valence-corrected chi connectivity index (χ3v) is 5.38. The zero-order valence-electron chi connectivity index (χ0n) is 15.0. The van der Waals surface area contributed by atoms with Crippen molar-refractivity contribution in [1.29, 1.82) is 0 Å². The molecule has 4 rings (SSSR count). The third-order valence-electron chi connectivity index (χ3n) is 4.49. The molecular weight excluding hydrogens is 360 g/mol. The van der Waals surface area contributed by atoms with Crippen LogP contribution in [0.3, 0.4) is 0 Å². The van der Waals surface area contributed by atoms with Crippen LogP contribution in [0.4, 0.5) is 11.5 Å². The summed E-state index contributed by atoms with van der Waals surface area (Å²) in [7, 11) is 1.59. The number of amides is 1. The molecule has 0 unspecified atom stereocenters. The summed E-state index contributed by atoms with van der Waals surface area (Å²) >= 11 is 1.44. The zero-order chi connectivity index (χ0) is 18.6. The van der Waals surface area contributed by atoms with Gasteiger partial charge in [-0.25, -0.2) is 9.97 Å². The Labute approximate surface area is 161 Å². The number of rotatable bonds is 5. The molecule has 0 spiro atoms. The fourth-order valence-corrected chi connectivity index (χ4v) is 3.84. The third kappa shape index (κ3) is 3.93. The predicted molar refractivity (Wildman–Crippen MR) is 108 cm³/mol. The summed E-state index contributed by atoms with van der Waals surface area (Å²) in [6, 6.07) is 11.3. The number of carbonyl (C=O) groups is 1. The first-order valence-electron chi connectivity index (χ1n) is 8.85. The largest absolute Gasteiger partial charge is 0.497 e. The average molecular weight is 380 g/mol. The highest BCUT2D eigenvalue weighted by molar-refractivity contribution is 7.13. The minimum Gasteiger partial charge on any atom is -0.497 e. The summed E-state index contributed by atoms with van der Waals surface area (Å²) in [5, 5.41) is 5.39. The number of hydrogen-bond donors (Lipinski definition) is 1. The van der Waals surface area contributed by atoms with Gasteiger partial charge in [-0.05, 0) is 37.1 Å². The summed E-state index contributed by atoms with van der Waals surface area (Å²) < 4.78 is 5.18. The highest BCUT2D eigenvalue weighted by Crippen LogP contribution is 2.26. The molecule has 0 radical (unpaired) electrons. The van der Waals surface area contributed by atoms with Crippen LogP contribution in [-0.4, -0.2) is 36.1 Å². The maximum Gasteiger partial charge on any atom is 0.275 e. The van der Waals surface area contributed by atoms with E-state index in [1.54, 1.807) is 18.6 Å². The number of hydrogen-bond acceptors (Lipinski definition) is 6. The molecule has 3 aromatic rings. The van der Waals surface area contributed by atoms with Crippen molar-refractivity contribution in [2.75, 3.05) is 30.4 Å². The molecule has 0 bridgehead atoms. The fraction of sp³-hybridized carbons (Fsp3) is 0.250. The Morgan fingerprint density at radius 2 is 2.07 bits per heavy atom. The van der Waals surface area contributed by atoms with E-state index in [0.29, 0.717) is 17.1 Å². The van der Waals surface area contributed by atoms with Crippen molar-refractivity contribution in [3.8, 4) is 16.3 Å². The first kappa shape index (κ1) is 17.5. The van der Waals surface area contributed by atoms with Gasteiger partial charge in [0, 0.05) is 42.0 Å². The van der Waals surface area contributed by atoms with E-state index >= 15 is 0 Å². The minimum absolute atomic E-state index is 0.243. The molecule has 1 aromatic carbocycles. The maximum atomic E-state index is 12.5. The van der Waals surface area contributed by atoms with Crippen molar-refractivity contribution >= 4 is 28.7 Å². The number of methoxy groups -OCH3 is 1. The standard InChI is InChI=1S/C20H20N4O2S/c1-26-16-6-4-5-15(11-16)22-19(25)17-13-27-20(23-17)14-7-8-18(21-12-14)24-9-2-3-10-24/h4-8,11-13H,2-3,9-10H2,1H3,(H,22,25). The number of aromatic nitrogens is 2. The molecule has 138 valence electrons. The van der Waals surface area contributed by atoms with Gasteiger partial charge in [-0.2, -0.15) is 0 Å². The van der Waals surface area contributed by atoms with Crippen LogP contribution in [0.2, 0.25) is 0 Å². The van der Waals surface area contributed by atoms with Crippen molar-refractivity contribution in [1.82, 2.24) is 9.97 Å². The Morgan fingerprint density at radius 3 is 2.81 bits per heavy atom. The number of pyridine rings is 1. The lowest BCUT2D eigenvalue weighted by atomic mass is 10.3. The second-order valence-electron chi connectivity index (χ2n) is 6.32. The van der Waals surface area contributed by atoms with Crippen LogP contribution >= 0.6 is 11.3 Å². The highest BCUT2D eigenvalue weighted by Gasteiger charge is 2.15. The molecule has 2 aromatic heterocycles. The number of anilines is 2. The Morgan fingerprint density at radius 1 is 1.22 bits per heavy atom. The molecular formula is C20H20N4O2S. The predicted octanol–water partition coefficient (Wildman–Crippen LogP) is 4.07. The topological polar surface area (TPSA) is 67.3 Å². The van der Waals surface area contributed by atoms with Crippen molar-refractivity contribution < 1.29 is 9.53 Å². The van der Waals surface area contributed by atoms with Gasteiger partial charge in [0.25, 0.3) is 5.91 Å². The van der Waals surface area contributed by atoms with E-state index in [-0.39, 0.29) is 5.91 Å². The van der Waals surface area contributed by atoms with Crippen molar-refractivity contribution in [3.63, 3.8) is 0 Å². The van der Waals surface area contributed by atoms with Crippen molar-refractivity contribution in [2.45, 2.75) is 12.8 Å². The molecule has 1 aliphatic rings. The van der Waals surface area contributed by atoms with Gasteiger partial charge in [0.1, 0.15) is 22.3 Å². The van der Waals surface area contributed by atoms with Gasteiger partial charge in [0.05, 0.1) is 7.11 Å². The lowest BCUT2D eigenvalue weighted by Gasteiger charge is -2.15. The molecule has 1 N–H and O–H groups in total. The zero-order valence-corrected chi connectivity index (χ0v) is 15.8. The molecule has 1 saturated heterocycles. The van der Waals surface area contributed by atoms with Crippen LogP contribution in [0.25, 0.3) is 10.6 Å². The summed E-state index contributed by atoms with van der Waals surface area (Å²) in [5.74, 6) is 1.45. The summed E-state index contributed by atoms with van der Waals surface area (Å²) in [5.41, 5.74) is 1.98. The van der Waals surface area contributed by atoms with Gasteiger partial charge >= 0.3 is 0 Å². The van der Waals surface area contributed by atoms with E-state index in [0.717, 1.165) is 29.5 Å². The normalized spacial score (nSPS) is 13.6. The molecule has 1 fully saturated rings. The Kier molecular flexibility index (Phi) is 5.02. The summed E-state index contributed by atoms with van der Waals surface area (Å²) in [6.45, 7) is 2.14. The van der Waals surface area contributed by atoms with Crippen LogP contribution in [-0.2, 0) is 0 Å². The minimum atomic E-state index is -0.243. The van der Waals surface area contributed by atoms with Crippen LogP contribution in [0.15, 0.2) is 48.0 Å². The number of nitrogens with one attached hydrogen (secondary N) is 1. The van der Waals surface area contributed by atoms with Gasteiger partial charge < -0.3 is 15.0 Å². The van der Waals surface area contributed by atoms with E-state index < -0.39 is 0 Å². The van der Waals surface area contributed by atoms with Crippen LogP contribution < -0.4 is 15.0 Å². The van der Waals surface area contributed by atoms with E-state index in [2.05, 4.69) is 20.2 Å². The number of thiazole rings is 1. The summed E-state index contributed by atoms with van der Waals surface area (Å²) in [4.78, 5) is 23.8. The molecule has 27 heavy (non-hydrogen) atoms. The SMILES string of the molecule is COc1cccc(NC(=O)c2csc(-c3ccc(N4CCCC4)nc3)n2)c1. The molecule has 6 nitrogen and oxygen atoms in total. The molecule has 1 amide bonds. The number of carbonyl (C=O) groups excluding carboxylic acids is 1. The van der Waals surface area contributed by atoms with Crippen molar-refractivity contribution in [3.05, 3.63) is 53.7 Å². The Bertz CT molecular complexity index is 933. The smallest absolute Gasteiger partial charge is 0.275 e. The van der Waals surface area contributed by atoms with E-state index in [4.69, 9.17) is 4.74 Å². The quantitative estimate of drug-likeness (QED) is 0.723. The first-order chi connectivity index (χ1) is 13.2. The molecule has 0 atom stereocenters. The number of ether oxygens (including phenoxy) is 1. The van der Waals surface area contributed by atoms with E-state index in [9.17, 15) is 4.79 Å². The maximum absolute atomic E-state index is 12.5. The number of nitrogens with zero attached hydrogens (tertiary/aromatic N) is 3. The fourth-order valence-electron chi connectivity index (χ4n) is 3.05. The molecule has 0 saturated carbocycles. The van der Waals surface area contributed by atoms with Crippen molar-refractivity contribution in [2.24, 2.45) is 0 Å².